The van der Waals surface area contributed by atoms with Crippen LogP contribution in [0.2, 0.25) is 0 Å². The molecule has 5 nitrogen and oxygen atoms in total. The summed E-state index contributed by atoms with van der Waals surface area (Å²) in [5.74, 6) is 0.735. The number of amides is 2. The van der Waals surface area contributed by atoms with Crippen molar-refractivity contribution in [2.24, 2.45) is 0 Å². The maximum absolute atomic E-state index is 11.8. The van der Waals surface area contributed by atoms with Gasteiger partial charge < -0.3 is 21.1 Å². The number of hydrogen-bond acceptors (Lipinski definition) is 3. The van der Waals surface area contributed by atoms with Gasteiger partial charge in [0, 0.05) is 21.5 Å². The smallest absolute Gasteiger partial charge is 0.323 e. The van der Waals surface area contributed by atoms with Crippen molar-refractivity contribution in [2.75, 3.05) is 23.5 Å². The van der Waals surface area contributed by atoms with Crippen molar-refractivity contribution in [3.05, 3.63) is 46.9 Å². The van der Waals surface area contributed by atoms with Gasteiger partial charge in [0.2, 0.25) is 0 Å². The highest BCUT2D eigenvalue weighted by Crippen LogP contribution is 2.23. The first-order valence-electron chi connectivity index (χ1n) is 5.85. The number of halogens is 1. The lowest BCUT2D eigenvalue weighted by molar-refractivity contribution is 0.262. The maximum Gasteiger partial charge on any atom is 0.323 e. The SMILES string of the molecule is COc1ccc(NC(=O)Nc2ccc(N)c(Br)c2)cc1. The van der Waals surface area contributed by atoms with Crippen LogP contribution in [0.1, 0.15) is 0 Å². The molecule has 0 spiro atoms. The number of anilines is 3. The number of nitrogen functional groups attached to an aromatic ring is 1. The molecule has 4 N–H and O–H groups in total. The molecule has 2 aromatic carbocycles. The predicted octanol–water partition coefficient (Wildman–Crippen LogP) is 3.68. The Kier molecular flexibility index (Phi) is 4.47. The molecule has 0 saturated carbocycles. The van der Waals surface area contributed by atoms with Crippen LogP contribution in [0.5, 0.6) is 5.75 Å². The van der Waals surface area contributed by atoms with Crippen LogP contribution in [0.15, 0.2) is 46.9 Å². The lowest BCUT2D eigenvalue weighted by Gasteiger charge is -2.09. The van der Waals surface area contributed by atoms with Crippen LogP contribution in [0, 0.1) is 0 Å². The Morgan fingerprint density at radius 1 is 1.10 bits per heavy atom. The zero-order chi connectivity index (χ0) is 14.5. The summed E-state index contributed by atoms with van der Waals surface area (Å²) in [5, 5.41) is 5.44. The van der Waals surface area contributed by atoms with Gasteiger partial charge in [0.1, 0.15) is 5.75 Å². The van der Waals surface area contributed by atoms with E-state index in [4.69, 9.17) is 10.5 Å². The third kappa shape index (κ3) is 3.64. The molecule has 0 aliphatic rings. The summed E-state index contributed by atoms with van der Waals surface area (Å²) in [5.41, 5.74) is 7.63. The largest absolute Gasteiger partial charge is 0.497 e. The third-order valence-electron chi connectivity index (χ3n) is 2.61. The molecule has 20 heavy (non-hydrogen) atoms. The molecule has 0 atom stereocenters. The molecule has 0 bridgehead atoms. The highest BCUT2D eigenvalue weighted by Gasteiger charge is 2.04. The van der Waals surface area contributed by atoms with E-state index >= 15 is 0 Å². The molecule has 2 amide bonds. The number of nitrogens with one attached hydrogen (secondary N) is 2. The number of rotatable bonds is 3. The second-order valence-electron chi connectivity index (χ2n) is 4.04. The minimum absolute atomic E-state index is 0.327. The molecule has 0 aliphatic carbocycles. The van der Waals surface area contributed by atoms with Gasteiger partial charge >= 0.3 is 6.03 Å². The summed E-state index contributed by atoms with van der Waals surface area (Å²) in [7, 11) is 1.59. The van der Waals surface area contributed by atoms with Crippen LogP contribution in [-0.2, 0) is 0 Å². The Labute approximate surface area is 125 Å². The Hall–Kier alpha value is -2.21. The Morgan fingerprint density at radius 3 is 2.30 bits per heavy atom. The molecule has 2 aromatic rings. The number of carbonyl (C=O) groups is 1. The molecular weight excluding hydrogens is 322 g/mol. The third-order valence-corrected chi connectivity index (χ3v) is 3.29. The number of benzene rings is 2. The van der Waals surface area contributed by atoms with Crippen LogP contribution < -0.4 is 21.1 Å². The highest BCUT2D eigenvalue weighted by atomic mass is 79.9. The lowest BCUT2D eigenvalue weighted by Crippen LogP contribution is -2.19. The van der Waals surface area contributed by atoms with Gasteiger partial charge in [0.25, 0.3) is 0 Å². The first kappa shape index (κ1) is 14.2. The molecule has 0 aromatic heterocycles. The van der Waals surface area contributed by atoms with Crippen molar-refractivity contribution >= 4 is 39.0 Å². The Morgan fingerprint density at radius 2 is 1.70 bits per heavy atom. The molecule has 2 rings (SSSR count). The van der Waals surface area contributed by atoms with E-state index in [0.717, 1.165) is 10.2 Å². The van der Waals surface area contributed by atoms with Crippen molar-refractivity contribution in [3.63, 3.8) is 0 Å². The average Bonchev–Trinajstić information content (AvgIpc) is 2.44. The zero-order valence-electron chi connectivity index (χ0n) is 10.8. The Bertz CT molecular complexity index is 614. The number of ether oxygens (including phenoxy) is 1. The maximum atomic E-state index is 11.8. The van der Waals surface area contributed by atoms with Crippen molar-refractivity contribution in [1.82, 2.24) is 0 Å². The monoisotopic (exact) mass is 335 g/mol. The summed E-state index contributed by atoms with van der Waals surface area (Å²) < 4.78 is 5.78. The lowest BCUT2D eigenvalue weighted by atomic mass is 10.3. The van der Waals surface area contributed by atoms with Crippen molar-refractivity contribution in [3.8, 4) is 5.75 Å². The molecule has 0 heterocycles. The van der Waals surface area contributed by atoms with Crippen LogP contribution in [0.4, 0.5) is 21.9 Å². The number of urea groups is 1. The van der Waals surface area contributed by atoms with Gasteiger partial charge in [0.05, 0.1) is 7.11 Å². The van der Waals surface area contributed by atoms with E-state index in [9.17, 15) is 4.79 Å². The quantitative estimate of drug-likeness (QED) is 0.748. The van der Waals surface area contributed by atoms with Gasteiger partial charge in [-0.1, -0.05) is 0 Å². The number of nitrogens with two attached hydrogens (primary N) is 1. The first-order valence-corrected chi connectivity index (χ1v) is 6.65. The predicted molar refractivity (Wildman–Crippen MR) is 84.2 cm³/mol. The van der Waals surface area contributed by atoms with Gasteiger partial charge in [-0.05, 0) is 58.4 Å². The minimum Gasteiger partial charge on any atom is -0.497 e. The van der Waals surface area contributed by atoms with Gasteiger partial charge in [-0.15, -0.1) is 0 Å². The Balaban J connectivity index is 1.99. The van der Waals surface area contributed by atoms with E-state index in [-0.39, 0.29) is 6.03 Å². The summed E-state index contributed by atoms with van der Waals surface area (Å²) in [4.78, 5) is 11.8. The van der Waals surface area contributed by atoms with E-state index in [1.54, 1.807) is 49.6 Å². The average molecular weight is 336 g/mol. The van der Waals surface area contributed by atoms with Gasteiger partial charge in [0.15, 0.2) is 0 Å². The second-order valence-corrected chi connectivity index (χ2v) is 4.90. The summed E-state index contributed by atoms with van der Waals surface area (Å²) in [6.45, 7) is 0. The zero-order valence-corrected chi connectivity index (χ0v) is 12.4. The number of methoxy groups -OCH3 is 1. The number of hydrogen-bond donors (Lipinski definition) is 3. The normalized spacial score (nSPS) is 9.90. The molecule has 0 aliphatic heterocycles. The van der Waals surface area contributed by atoms with Crippen molar-refractivity contribution in [1.29, 1.82) is 0 Å². The summed E-state index contributed by atoms with van der Waals surface area (Å²) in [6, 6.07) is 11.9. The fourth-order valence-electron chi connectivity index (χ4n) is 1.57. The fourth-order valence-corrected chi connectivity index (χ4v) is 1.95. The van der Waals surface area contributed by atoms with Crippen LogP contribution in [0.25, 0.3) is 0 Å². The van der Waals surface area contributed by atoms with E-state index in [0.29, 0.717) is 17.1 Å². The molecular formula is C14H14BrN3O2. The van der Waals surface area contributed by atoms with Crippen LogP contribution in [0.3, 0.4) is 0 Å². The second kappa shape index (κ2) is 6.29. The molecule has 6 heteroatoms. The van der Waals surface area contributed by atoms with E-state index in [1.807, 2.05) is 0 Å². The topological polar surface area (TPSA) is 76.4 Å². The first-order chi connectivity index (χ1) is 9.58. The van der Waals surface area contributed by atoms with Crippen LogP contribution in [-0.4, -0.2) is 13.1 Å². The fraction of sp³-hybridized carbons (Fsp3) is 0.0714. The molecule has 0 radical (unpaired) electrons. The van der Waals surface area contributed by atoms with Crippen molar-refractivity contribution in [2.45, 2.75) is 0 Å². The van der Waals surface area contributed by atoms with E-state index in [2.05, 4.69) is 26.6 Å². The van der Waals surface area contributed by atoms with Gasteiger partial charge in [-0.2, -0.15) is 0 Å². The molecule has 104 valence electrons. The highest BCUT2D eigenvalue weighted by molar-refractivity contribution is 9.10. The summed E-state index contributed by atoms with van der Waals surface area (Å²) in [6.07, 6.45) is 0. The molecule has 0 unspecified atom stereocenters. The van der Waals surface area contributed by atoms with Gasteiger partial charge in [-0.3, -0.25) is 0 Å². The standard InChI is InChI=1S/C14H14BrN3O2/c1-20-11-5-2-9(3-6-11)17-14(19)18-10-4-7-13(16)12(15)8-10/h2-8H,16H2,1H3,(H2,17,18,19). The molecule has 0 saturated heterocycles. The summed E-state index contributed by atoms with van der Waals surface area (Å²) >= 11 is 3.31. The minimum atomic E-state index is -0.327. The van der Waals surface area contributed by atoms with Crippen molar-refractivity contribution < 1.29 is 9.53 Å². The molecule has 0 fully saturated rings. The van der Waals surface area contributed by atoms with Gasteiger partial charge in [-0.25, -0.2) is 4.79 Å². The van der Waals surface area contributed by atoms with E-state index < -0.39 is 0 Å². The van der Waals surface area contributed by atoms with E-state index in [1.165, 1.54) is 0 Å². The number of carbonyl (C=O) groups excluding carboxylic acids is 1. The van der Waals surface area contributed by atoms with Crippen LogP contribution >= 0.6 is 15.9 Å².